The van der Waals surface area contributed by atoms with Gasteiger partial charge in [0.2, 0.25) is 0 Å². The van der Waals surface area contributed by atoms with Crippen LogP contribution in [0.5, 0.6) is 0 Å². The van der Waals surface area contributed by atoms with E-state index in [2.05, 4.69) is 55.4 Å². The van der Waals surface area contributed by atoms with Crippen molar-refractivity contribution in [2.24, 2.45) is 35.5 Å². The van der Waals surface area contributed by atoms with Crippen molar-refractivity contribution in [1.82, 2.24) is 0 Å². The largest absolute Gasteiger partial charge is 0.0654 e. The van der Waals surface area contributed by atoms with E-state index in [0.717, 1.165) is 35.5 Å². The number of unbranched alkanes of at least 4 members (excludes halogenated alkanes) is 2. The van der Waals surface area contributed by atoms with Crippen molar-refractivity contribution >= 4 is 0 Å². The van der Waals surface area contributed by atoms with Crippen LogP contribution in [0.15, 0.2) is 0 Å². The average molecular weight is 451 g/mol. The van der Waals surface area contributed by atoms with Crippen molar-refractivity contribution in [3.05, 3.63) is 0 Å². The Labute approximate surface area is 206 Å². The quantitative estimate of drug-likeness (QED) is 0.145. The summed E-state index contributed by atoms with van der Waals surface area (Å²) in [6, 6.07) is 0. The Hall–Kier alpha value is 0. The van der Waals surface area contributed by atoms with Crippen molar-refractivity contribution in [2.45, 2.75) is 171 Å². The van der Waals surface area contributed by atoms with E-state index >= 15 is 0 Å². The highest BCUT2D eigenvalue weighted by Crippen LogP contribution is 2.31. The summed E-state index contributed by atoms with van der Waals surface area (Å²) >= 11 is 0. The van der Waals surface area contributed by atoms with Crippen LogP contribution in [-0.2, 0) is 0 Å². The van der Waals surface area contributed by atoms with E-state index in [-0.39, 0.29) is 0 Å². The van der Waals surface area contributed by atoms with Gasteiger partial charge in [0, 0.05) is 0 Å². The molecule has 0 saturated carbocycles. The summed E-state index contributed by atoms with van der Waals surface area (Å²) in [5.74, 6) is 5.58. The minimum Gasteiger partial charge on any atom is -0.0654 e. The smallest absolute Gasteiger partial charge is 0.0414 e. The molecular formula is C32H66. The SMILES string of the molecule is CCCCC(C)CCC(CCCC(C)C)CCC(CCCC(C)C)CCC(C)CCCC. The van der Waals surface area contributed by atoms with Gasteiger partial charge in [-0.25, -0.2) is 0 Å². The fourth-order valence-electron chi connectivity index (χ4n) is 5.40. The van der Waals surface area contributed by atoms with Gasteiger partial charge in [-0.1, -0.05) is 171 Å². The summed E-state index contributed by atoms with van der Waals surface area (Å²) in [6.45, 7) is 19.3. The highest BCUT2D eigenvalue weighted by molar-refractivity contribution is 4.69. The third-order valence-corrected chi connectivity index (χ3v) is 8.01. The molecule has 0 aliphatic heterocycles. The third-order valence-electron chi connectivity index (χ3n) is 8.01. The normalized spacial score (nSPS) is 15.9. The molecule has 0 radical (unpaired) electrons. The van der Waals surface area contributed by atoms with Gasteiger partial charge in [-0.2, -0.15) is 0 Å². The summed E-state index contributed by atoms with van der Waals surface area (Å²) in [5, 5.41) is 0. The van der Waals surface area contributed by atoms with E-state index in [4.69, 9.17) is 0 Å². The maximum absolute atomic E-state index is 2.51. The second-order valence-electron chi connectivity index (χ2n) is 12.6. The maximum atomic E-state index is 2.51. The first-order valence-corrected chi connectivity index (χ1v) is 15.3. The van der Waals surface area contributed by atoms with Crippen LogP contribution < -0.4 is 0 Å². The van der Waals surface area contributed by atoms with E-state index < -0.39 is 0 Å². The van der Waals surface area contributed by atoms with Crippen molar-refractivity contribution in [1.29, 1.82) is 0 Å². The van der Waals surface area contributed by atoms with Gasteiger partial charge in [0.15, 0.2) is 0 Å². The molecule has 0 saturated heterocycles. The van der Waals surface area contributed by atoms with Gasteiger partial charge in [-0.15, -0.1) is 0 Å². The molecule has 0 fully saturated rings. The van der Waals surface area contributed by atoms with Crippen molar-refractivity contribution in [3.63, 3.8) is 0 Å². The number of hydrogen-bond donors (Lipinski definition) is 0. The van der Waals surface area contributed by atoms with Crippen LogP contribution in [0.3, 0.4) is 0 Å². The summed E-state index contributed by atoms with van der Waals surface area (Å²) in [4.78, 5) is 0. The van der Waals surface area contributed by atoms with Gasteiger partial charge in [0.25, 0.3) is 0 Å². The standard InChI is InChI=1S/C32H66/c1-9-11-17-29(7)21-23-31(19-13-15-27(3)4)25-26-32(20-14-16-28(5)6)24-22-30(8)18-12-10-2/h27-32H,9-26H2,1-8H3. The molecule has 0 aliphatic carbocycles. The lowest BCUT2D eigenvalue weighted by Gasteiger charge is -2.24. The zero-order chi connectivity index (χ0) is 24.2. The molecule has 0 rings (SSSR count). The zero-order valence-corrected chi connectivity index (χ0v) is 24.2. The molecule has 32 heavy (non-hydrogen) atoms. The van der Waals surface area contributed by atoms with Crippen LogP contribution in [-0.4, -0.2) is 0 Å². The Morgan fingerprint density at radius 2 is 0.688 bits per heavy atom. The van der Waals surface area contributed by atoms with E-state index in [1.165, 1.54) is 116 Å². The van der Waals surface area contributed by atoms with E-state index in [0.29, 0.717) is 0 Å². The Morgan fingerprint density at radius 3 is 1.00 bits per heavy atom. The predicted molar refractivity (Wildman–Crippen MR) is 149 cm³/mol. The molecule has 194 valence electrons. The van der Waals surface area contributed by atoms with Crippen LogP contribution in [0.2, 0.25) is 0 Å². The molecule has 0 amide bonds. The molecule has 0 spiro atoms. The molecular weight excluding hydrogens is 384 g/mol. The molecule has 4 unspecified atom stereocenters. The number of rotatable bonds is 23. The van der Waals surface area contributed by atoms with Crippen LogP contribution >= 0.6 is 0 Å². The second-order valence-corrected chi connectivity index (χ2v) is 12.6. The molecule has 0 aliphatic rings. The summed E-state index contributed by atoms with van der Waals surface area (Å²) in [5.41, 5.74) is 0. The summed E-state index contributed by atoms with van der Waals surface area (Å²) in [7, 11) is 0. The highest BCUT2D eigenvalue weighted by Gasteiger charge is 2.17. The van der Waals surface area contributed by atoms with Gasteiger partial charge in [-0.3, -0.25) is 0 Å². The van der Waals surface area contributed by atoms with Crippen LogP contribution in [0.1, 0.15) is 171 Å². The second kappa shape index (κ2) is 21.5. The zero-order valence-electron chi connectivity index (χ0n) is 24.2. The summed E-state index contributed by atoms with van der Waals surface area (Å²) < 4.78 is 0. The minimum atomic E-state index is 0.868. The first-order chi connectivity index (χ1) is 15.3. The van der Waals surface area contributed by atoms with Gasteiger partial charge in [-0.05, 0) is 35.5 Å². The van der Waals surface area contributed by atoms with Gasteiger partial charge in [0.1, 0.15) is 0 Å². The predicted octanol–water partition coefficient (Wildman–Crippen LogP) is 11.9. The lowest BCUT2D eigenvalue weighted by Crippen LogP contribution is -2.10. The lowest BCUT2D eigenvalue weighted by atomic mass is 9.82. The highest BCUT2D eigenvalue weighted by atomic mass is 14.2. The van der Waals surface area contributed by atoms with Gasteiger partial charge < -0.3 is 0 Å². The monoisotopic (exact) mass is 451 g/mol. The first-order valence-electron chi connectivity index (χ1n) is 15.3. The lowest BCUT2D eigenvalue weighted by molar-refractivity contribution is 0.284. The summed E-state index contributed by atoms with van der Waals surface area (Å²) in [6.07, 6.45) is 26.1. The van der Waals surface area contributed by atoms with Gasteiger partial charge in [0.05, 0.1) is 0 Å². The van der Waals surface area contributed by atoms with Crippen molar-refractivity contribution in [2.75, 3.05) is 0 Å². The molecule has 0 aromatic heterocycles. The molecule has 4 atom stereocenters. The van der Waals surface area contributed by atoms with E-state index in [1.54, 1.807) is 0 Å². The fourth-order valence-corrected chi connectivity index (χ4v) is 5.40. The third kappa shape index (κ3) is 20.6. The molecule has 0 heteroatoms. The average Bonchev–Trinajstić information content (AvgIpc) is 2.74. The van der Waals surface area contributed by atoms with Crippen molar-refractivity contribution < 1.29 is 0 Å². The molecule has 0 heterocycles. The molecule has 0 nitrogen and oxygen atoms in total. The molecule has 0 N–H and O–H groups in total. The van der Waals surface area contributed by atoms with E-state index in [9.17, 15) is 0 Å². The molecule has 0 bridgehead atoms. The Kier molecular flexibility index (Phi) is 21.5. The fraction of sp³-hybridized carbons (Fsp3) is 1.00. The van der Waals surface area contributed by atoms with Crippen LogP contribution in [0.25, 0.3) is 0 Å². The minimum absolute atomic E-state index is 0.868. The number of hydrogen-bond acceptors (Lipinski definition) is 0. The molecule has 0 aromatic carbocycles. The van der Waals surface area contributed by atoms with E-state index in [1.807, 2.05) is 0 Å². The Bertz CT molecular complexity index is 332. The Morgan fingerprint density at radius 1 is 0.344 bits per heavy atom. The maximum Gasteiger partial charge on any atom is -0.0414 e. The topological polar surface area (TPSA) is 0 Å². The molecule has 0 aromatic rings. The van der Waals surface area contributed by atoms with Crippen LogP contribution in [0.4, 0.5) is 0 Å². The Balaban J connectivity index is 4.70. The van der Waals surface area contributed by atoms with Crippen molar-refractivity contribution in [3.8, 4) is 0 Å². The van der Waals surface area contributed by atoms with Gasteiger partial charge >= 0.3 is 0 Å². The first kappa shape index (κ1) is 32.0. The van der Waals surface area contributed by atoms with Crippen LogP contribution in [0, 0.1) is 35.5 Å².